The number of rotatable bonds is 3. The zero-order valence-corrected chi connectivity index (χ0v) is 19.0. The molecular formula is C27H40O3. The van der Waals surface area contributed by atoms with Crippen LogP contribution in [0.4, 0.5) is 0 Å². The number of carbonyl (C=O) groups excluding carboxylic acids is 2. The molecule has 5 fully saturated rings. The molecule has 5 aliphatic rings. The van der Waals surface area contributed by atoms with E-state index in [1.807, 2.05) is 0 Å². The van der Waals surface area contributed by atoms with Crippen molar-refractivity contribution in [3.05, 3.63) is 12.2 Å². The van der Waals surface area contributed by atoms with E-state index in [-0.39, 0.29) is 17.5 Å². The summed E-state index contributed by atoms with van der Waals surface area (Å²) in [5.41, 5.74) is 1.27. The molecule has 3 heteroatoms. The third-order valence-corrected chi connectivity index (χ3v) is 10.5. The largest absolute Gasteiger partial charge is 0.463 e. The number of carbonyl (C=O) groups is 2. The molecule has 30 heavy (non-hydrogen) atoms. The van der Waals surface area contributed by atoms with Crippen LogP contribution in [0.15, 0.2) is 12.2 Å². The Bertz CT molecular complexity index is 713. The average Bonchev–Trinajstić information content (AvgIpc) is 3.13. The number of hydrogen-bond acceptors (Lipinski definition) is 3. The van der Waals surface area contributed by atoms with Crippen molar-refractivity contribution in [2.45, 2.75) is 90.6 Å². The second-order valence-corrected chi connectivity index (χ2v) is 11.7. The smallest absolute Gasteiger partial charge is 0.302 e. The standard InChI is InChI=1S/C27H40O3/c1-16(2)20-10-12-27(15-28)13-11-24-23-6-4-18-14-19(30-17(3)29)5-7-21(18)22(23)8-9-25(24)26(20)27/h15,18-26H,1,4-14H2,2-3H3/t18-,19+,20+,21+,22-,23-,24+,25+,26-,27-/m1/s1. The van der Waals surface area contributed by atoms with Crippen molar-refractivity contribution in [1.82, 2.24) is 0 Å². The summed E-state index contributed by atoms with van der Waals surface area (Å²) in [4.78, 5) is 23.7. The Balaban J connectivity index is 1.34. The summed E-state index contributed by atoms with van der Waals surface area (Å²) in [7, 11) is 0. The summed E-state index contributed by atoms with van der Waals surface area (Å²) in [5.74, 6) is 5.92. The van der Waals surface area contributed by atoms with Gasteiger partial charge in [-0.05, 0) is 125 Å². The molecule has 5 rings (SSSR count). The number of hydrogen-bond donors (Lipinski definition) is 0. The van der Waals surface area contributed by atoms with Gasteiger partial charge in [-0.2, -0.15) is 0 Å². The van der Waals surface area contributed by atoms with Gasteiger partial charge < -0.3 is 9.53 Å². The quantitative estimate of drug-likeness (QED) is 0.326. The van der Waals surface area contributed by atoms with Gasteiger partial charge in [-0.1, -0.05) is 12.2 Å². The Kier molecular flexibility index (Phi) is 5.39. The Labute approximate surface area is 182 Å². The number of allylic oxidation sites excluding steroid dienone is 1. The van der Waals surface area contributed by atoms with Crippen molar-refractivity contribution < 1.29 is 14.3 Å². The Morgan fingerprint density at radius 3 is 2.23 bits per heavy atom. The summed E-state index contributed by atoms with van der Waals surface area (Å²) >= 11 is 0. The van der Waals surface area contributed by atoms with Crippen LogP contribution in [0.2, 0.25) is 0 Å². The van der Waals surface area contributed by atoms with Crippen LogP contribution in [-0.4, -0.2) is 18.4 Å². The maximum atomic E-state index is 12.3. The first-order valence-corrected chi connectivity index (χ1v) is 12.7. The fourth-order valence-corrected chi connectivity index (χ4v) is 9.54. The fourth-order valence-electron chi connectivity index (χ4n) is 9.54. The van der Waals surface area contributed by atoms with E-state index in [4.69, 9.17) is 4.74 Å². The molecule has 0 heterocycles. The van der Waals surface area contributed by atoms with E-state index in [9.17, 15) is 9.59 Å². The average molecular weight is 413 g/mol. The molecule has 0 N–H and O–H groups in total. The number of esters is 1. The van der Waals surface area contributed by atoms with Gasteiger partial charge in [-0.25, -0.2) is 0 Å². The molecule has 0 aromatic heterocycles. The molecule has 0 aromatic carbocycles. The lowest BCUT2D eigenvalue weighted by molar-refractivity contribution is -0.152. The van der Waals surface area contributed by atoms with E-state index in [0.29, 0.717) is 11.8 Å². The zero-order valence-electron chi connectivity index (χ0n) is 19.0. The fraction of sp³-hybridized carbons (Fsp3) is 0.852. The lowest BCUT2D eigenvalue weighted by Crippen LogP contribution is -2.52. The Morgan fingerprint density at radius 2 is 1.50 bits per heavy atom. The molecule has 5 aliphatic carbocycles. The van der Waals surface area contributed by atoms with Gasteiger partial charge in [0.15, 0.2) is 0 Å². The van der Waals surface area contributed by atoms with Gasteiger partial charge in [-0.15, -0.1) is 0 Å². The van der Waals surface area contributed by atoms with Crippen molar-refractivity contribution in [3.8, 4) is 0 Å². The van der Waals surface area contributed by atoms with Crippen LogP contribution in [-0.2, 0) is 14.3 Å². The molecule has 0 saturated heterocycles. The van der Waals surface area contributed by atoms with Crippen LogP contribution in [0.25, 0.3) is 0 Å². The molecule has 0 bridgehead atoms. The van der Waals surface area contributed by atoms with Gasteiger partial charge in [0.1, 0.15) is 12.4 Å². The molecular weight excluding hydrogens is 372 g/mol. The highest BCUT2D eigenvalue weighted by molar-refractivity contribution is 5.66. The zero-order chi connectivity index (χ0) is 21.0. The Morgan fingerprint density at radius 1 is 0.867 bits per heavy atom. The van der Waals surface area contributed by atoms with Crippen molar-refractivity contribution in [1.29, 1.82) is 0 Å². The van der Waals surface area contributed by atoms with Gasteiger partial charge >= 0.3 is 5.97 Å². The predicted octanol–water partition coefficient (Wildman–Crippen LogP) is 5.97. The van der Waals surface area contributed by atoms with E-state index < -0.39 is 0 Å². The molecule has 0 spiro atoms. The van der Waals surface area contributed by atoms with Gasteiger partial charge in [0.2, 0.25) is 0 Å². The summed E-state index contributed by atoms with van der Waals surface area (Å²) < 4.78 is 5.59. The number of fused-ring (bicyclic) bond motifs is 7. The first-order chi connectivity index (χ1) is 14.4. The highest BCUT2D eigenvalue weighted by Gasteiger charge is 2.59. The van der Waals surface area contributed by atoms with E-state index in [1.54, 1.807) is 6.92 Å². The summed E-state index contributed by atoms with van der Waals surface area (Å²) in [6, 6.07) is 0. The van der Waals surface area contributed by atoms with E-state index in [2.05, 4.69) is 13.5 Å². The van der Waals surface area contributed by atoms with E-state index in [1.165, 1.54) is 56.8 Å². The first kappa shape index (κ1) is 20.8. The first-order valence-electron chi connectivity index (χ1n) is 12.7. The maximum Gasteiger partial charge on any atom is 0.302 e. The van der Waals surface area contributed by atoms with E-state index in [0.717, 1.165) is 61.2 Å². The highest BCUT2D eigenvalue weighted by atomic mass is 16.5. The molecule has 166 valence electrons. The summed E-state index contributed by atoms with van der Waals surface area (Å²) in [6.07, 6.45) is 15.0. The van der Waals surface area contributed by atoms with Crippen LogP contribution in [0.3, 0.4) is 0 Å². The predicted molar refractivity (Wildman–Crippen MR) is 118 cm³/mol. The monoisotopic (exact) mass is 412 g/mol. The SMILES string of the molecule is C=C(C)[C@@H]1CC[C@]2(C=O)CC[C@H]3[C@@H]4CC[C@@H]5C[C@@H](OC(C)=O)CC[C@@H]5[C@H]4CC[C@@H]3[C@@H]12. The van der Waals surface area contributed by atoms with Gasteiger partial charge in [0.25, 0.3) is 0 Å². The third kappa shape index (κ3) is 3.21. The lowest BCUT2D eigenvalue weighted by Gasteiger charge is -2.58. The minimum atomic E-state index is -0.114. The molecule has 0 aliphatic heterocycles. The van der Waals surface area contributed by atoms with Gasteiger partial charge in [-0.3, -0.25) is 4.79 Å². The highest BCUT2D eigenvalue weighted by Crippen LogP contribution is 2.65. The Hall–Kier alpha value is -1.12. The number of aldehydes is 1. The lowest BCUT2D eigenvalue weighted by atomic mass is 9.46. The molecule has 3 nitrogen and oxygen atoms in total. The number of ether oxygens (including phenoxy) is 1. The van der Waals surface area contributed by atoms with Crippen LogP contribution in [0.5, 0.6) is 0 Å². The summed E-state index contributed by atoms with van der Waals surface area (Å²) in [5, 5.41) is 0. The molecule has 0 unspecified atom stereocenters. The molecule has 0 radical (unpaired) electrons. The van der Waals surface area contributed by atoms with Crippen LogP contribution in [0.1, 0.15) is 84.5 Å². The van der Waals surface area contributed by atoms with Crippen LogP contribution >= 0.6 is 0 Å². The van der Waals surface area contributed by atoms with Crippen molar-refractivity contribution in [2.75, 3.05) is 0 Å². The van der Waals surface area contributed by atoms with Crippen molar-refractivity contribution in [2.24, 2.45) is 52.8 Å². The maximum absolute atomic E-state index is 12.3. The second-order valence-electron chi connectivity index (χ2n) is 11.7. The van der Waals surface area contributed by atoms with Crippen LogP contribution in [0, 0.1) is 52.8 Å². The molecule has 0 aromatic rings. The van der Waals surface area contributed by atoms with Crippen LogP contribution < -0.4 is 0 Å². The molecule has 5 saturated carbocycles. The van der Waals surface area contributed by atoms with Gasteiger partial charge in [0.05, 0.1) is 0 Å². The van der Waals surface area contributed by atoms with Crippen molar-refractivity contribution >= 4 is 12.3 Å². The minimum Gasteiger partial charge on any atom is -0.463 e. The molecule has 10 atom stereocenters. The normalized spacial score (nSPS) is 49.7. The minimum absolute atomic E-state index is 0.0447. The second kappa shape index (κ2) is 7.78. The topological polar surface area (TPSA) is 43.4 Å². The van der Waals surface area contributed by atoms with E-state index >= 15 is 0 Å². The van der Waals surface area contributed by atoms with Gasteiger partial charge in [0, 0.05) is 12.3 Å². The van der Waals surface area contributed by atoms with Crippen molar-refractivity contribution in [3.63, 3.8) is 0 Å². The summed E-state index contributed by atoms with van der Waals surface area (Å²) in [6.45, 7) is 8.09. The molecule has 0 amide bonds. The third-order valence-electron chi connectivity index (χ3n) is 10.5.